The first kappa shape index (κ1) is 15.8. The summed E-state index contributed by atoms with van der Waals surface area (Å²) in [5.41, 5.74) is 5.83. The third kappa shape index (κ3) is 5.59. The van der Waals surface area contributed by atoms with Crippen molar-refractivity contribution < 1.29 is 4.79 Å². The fourth-order valence-electron chi connectivity index (χ4n) is 2.24. The van der Waals surface area contributed by atoms with E-state index in [0.29, 0.717) is 12.6 Å². The van der Waals surface area contributed by atoms with E-state index in [1.165, 1.54) is 19.3 Å². The van der Waals surface area contributed by atoms with Crippen molar-refractivity contribution in [3.05, 3.63) is 0 Å². The predicted molar refractivity (Wildman–Crippen MR) is 78.9 cm³/mol. The van der Waals surface area contributed by atoms with Gasteiger partial charge in [-0.15, -0.1) is 0 Å². The fourth-order valence-corrected chi connectivity index (χ4v) is 2.73. The second-order valence-electron chi connectivity index (χ2n) is 5.08. The molecule has 2 atom stereocenters. The summed E-state index contributed by atoms with van der Waals surface area (Å²) in [6, 6.07) is 0.0630. The van der Waals surface area contributed by atoms with E-state index >= 15 is 0 Å². The zero-order valence-electron chi connectivity index (χ0n) is 11.7. The molecule has 1 aliphatic heterocycles. The van der Waals surface area contributed by atoms with Crippen LogP contribution in [0.4, 0.5) is 0 Å². The molecular weight excluding hydrogens is 246 g/mol. The first-order chi connectivity index (χ1) is 8.65. The SMILES string of the molecule is CSCC[C@H](N)C(=O)NCC(C)N1CCCCC1. The summed E-state index contributed by atoms with van der Waals surface area (Å²) >= 11 is 1.73. The molecule has 1 heterocycles. The molecule has 4 nitrogen and oxygen atoms in total. The van der Waals surface area contributed by atoms with E-state index in [2.05, 4.69) is 17.1 Å². The van der Waals surface area contributed by atoms with Crippen molar-refractivity contribution in [2.24, 2.45) is 5.73 Å². The van der Waals surface area contributed by atoms with Crippen LogP contribution in [-0.2, 0) is 4.79 Å². The Morgan fingerprint density at radius 2 is 2.06 bits per heavy atom. The van der Waals surface area contributed by atoms with Crippen molar-refractivity contribution >= 4 is 17.7 Å². The molecule has 1 saturated heterocycles. The number of carbonyl (C=O) groups is 1. The van der Waals surface area contributed by atoms with Crippen molar-refractivity contribution in [3.8, 4) is 0 Å². The highest BCUT2D eigenvalue weighted by molar-refractivity contribution is 7.98. The standard InChI is InChI=1S/C13H27N3OS/c1-11(16-7-4-3-5-8-16)10-15-13(17)12(14)6-9-18-2/h11-12H,3-10,14H2,1-2H3,(H,15,17)/t11?,12-/m0/s1. The van der Waals surface area contributed by atoms with Crippen LogP contribution in [0.2, 0.25) is 0 Å². The van der Waals surface area contributed by atoms with Crippen LogP contribution in [0.1, 0.15) is 32.6 Å². The Kier molecular flexibility index (Phi) is 7.70. The molecule has 1 aliphatic rings. The largest absolute Gasteiger partial charge is 0.353 e. The van der Waals surface area contributed by atoms with Gasteiger partial charge in [0.2, 0.25) is 5.91 Å². The van der Waals surface area contributed by atoms with Crippen LogP contribution in [0.5, 0.6) is 0 Å². The molecule has 0 aromatic heterocycles. The summed E-state index contributed by atoms with van der Waals surface area (Å²) in [5.74, 6) is 0.934. The van der Waals surface area contributed by atoms with E-state index < -0.39 is 0 Å². The number of nitrogens with two attached hydrogens (primary N) is 1. The van der Waals surface area contributed by atoms with E-state index in [9.17, 15) is 4.79 Å². The van der Waals surface area contributed by atoms with Crippen LogP contribution >= 0.6 is 11.8 Å². The Hall–Kier alpha value is -0.260. The molecule has 5 heteroatoms. The molecule has 0 aliphatic carbocycles. The third-order valence-corrected chi connectivity index (χ3v) is 4.20. The maximum atomic E-state index is 11.8. The number of hydrogen-bond acceptors (Lipinski definition) is 4. The van der Waals surface area contributed by atoms with E-state index in [4.69, 9.17) is 5.73 Å². The Morgan fingerprint density at radius 1 is 1.39 bits per heavy atom. The average Bonchev–Trinajstić information content (AvgIpc) is 2.42. The number of thioether (sulfide) groups is 1. The third-order valence-electron chi connectivity index (χ3n) is 3.56. The summed E-state index contributed by atoms with van der Waals surface area (Å²) in [6.45, 7) is 5.22. The first-order valence-electron chi connectivity index (χ1n) is 6.91. The molecule has 0 aromatic carbocycles. The second-order valence-corrected chi connectivity index (χ2v) is 6.06. The number of nitrogens with one attached hydrogen (secondary N) is 1. The van der Waals surface area contributed by atoms with Crippen molar-refractivity contribution in [2.45, 2.75) is 44.7 Å². The topological polar surface area (TPSA) is 58.4 Å². The Bertz CT molecular complexity index is 244. The van der Waals surface area contributed by atoms with E-state index in [1.54, 1.807) is 11.8 Å². The lowest BCUT2D eigenvalue weighted by Gasteiger charge is -2.32. The molecule has 1 rings (SSSR count). The van der Waals surface area contributed by atoms with Crippen LogP contribution in [0.3, 0.4) is 0 Å². The summed E-state index contributed by atoms with van der Waals surface area (Å²) in [5, 5.41) is 2.97. The maximum absolute atomic E-state index is 11.8. The molecule has 1 fully saturated rings. The molecule has 18 heavy (non-hydrogen) atoms. The lowest BCUT2D eigenvalue weighted by Crippen LogP contribution is -2.48. The van der Waals surface area contributed by atoms with E-state index in [1.807, 2.05) is 6.26 Å². The molecule has 0 radical (unpaired) electrons. The van der Waals surface area contributed by atoms with Gasteiger partial charge in [0.05, 0.1) is 6.04 Å². The smallest absolute Gasteiger partial charge is 0.237 e. The maximum Gasteiger partial charge on any atom is 0.237 e. The second kappa shape index (κ2) is 8.77. The van der Waals surface area contributed by atoms with Crippen molar-refractivity contribution in [2.75, 3.05) is 31.6 Å². The van der Waals surface area contributed by atoms with Crippen LogP contribution < -0.4 is 11.1 Å². The van der Waals surface area contributed by atoms with Gasteiger partial charge in [-0.25, -0.2) is 0 Å². The van der Waals surface area contributed by atoms with Gasteiger partial charge in [-0.3, -0.25) is 9.69 Å². The molecule has 0 saturated carbocycles. The number of piperidine rings is 1. The molecule has 1 amide bonds. The van der Waals surface area contributed by atoms with Crippen LogP contribution in [0.15, 0.2) is 0 Å². The number of likely N-dealkylation sites (tertiary alicyclic amines) is 1. The molecule has 0 aromatic rings. The number of nitrogens with zero attached hydrogens (tertiary/aromatic N) is 1. The molecule has 1 unspecified atom stereocenters. The minimum Gasteiger partial charge on any atom is -0.353 e. The minimum atomic E-state index is -0.356. The highest BCUT2D eigenvalue weighted by Crippen LogP contribution is 2.11. The van der Waals surface area contributed by atoms with Gasteiger partial charge in [0.25, 0.3) is 0 Å². The van der Waals surface area contributed by atoms with E-state index in [0.717, 1.165) is 25.3 Å². The summed E-state index contributed by atoms with van der Waals surface area (Å²) in [7, 11) is 0. The van der Waals surface area contributed by atoms with Gasteiger partial charge in [0, 0.05) is 12.6 Å². The fraction of sp³-hybridized carbons (Fsp3) is 0.923. The van der Waals surface area contributed by atoms with E-state index in [-0.39, 0.29) is 11.9 Å². The lowest BCUT2D eigenvalue weighted by molar-refractivity contribution is -0.122. The highest BCUT2D eigenvalue weighted by atomic mass is 32.2. The lowest BCUT2D eigenvalue weighted by atomic mass is 10.1. The average molecular weight is 273 g/mol. The summed E-state index contributed by atoms with van der Waals surface area (Å²) in [4.78, 5) is 14.2. The number of carbonyl (C=O) groups excluding carboxylic acids is 1. The van der Waals surface area contributed by atoms with Crippen molar-refractivity contribution in [1.29, 1.82) is 0 Å². The summed E-state index contributed by atoms with van der Waals surface area (Å²) in [6.07, 6.45) is 6.69. The zero-order chi connectivity index (χ0) is 13.4. The van der Waals surface area contributed by atoms with Crippen LogP contribution in [0, 0.1) is 0 Å². The Labute approximate surface area is 115 Å². The van der Waals surface area contributed by atoms with Crippen LogP contribution in [0.25, 0.3) is 0 Å². The van der Waals surface area contributed by atoms with Gasteiger partial charge < -0.3 is 11.1 Å². The Morgan fingerprint density at radius 3 is 2.67 bits per heavy atom. The van der Waals surface area contributed by atoms with Gasteiger partial charge in [-0.1, -0.05) is 6.42 Å². The Balaban J connectivity index is 2.20. The van der Waals surface area contributed by atoms with Crippen molar-refractivity contribution in [3.63, 3.8) is 0 Å². The monoisotopic (exact) mass is 273 g/mol. The molecule has 0 spiro atoms. The molecular formula is C13H27N3OS. The molecule has 106 valence electrons. The number of amides is 1. The normalized spacial score (nSPS) is 20.4. The molecule has 3 N–H and O–H groups in total. The first-order valence-corrected chi connectivity index (χ1v) is 8.30. The number of rotatable bonds is 7. The van der Waals surface area contributed by atoms with Gasteiger partial charge in [0.15, 0.2) is 0 Å². The van der Waals surface area contributed by atoms with Gasteiger partial charge >= 0.3 is 0 Å². The van der Waals surface area contributed by atoms with Gasteiger partial charge in [-0.2, -0.15) is 11.8 Å². The predicted octanol–water partition coefficient (Wildman–Crippen LogP) is 1.06. The minimum absolute atomic E-state index is 0.00657. The highest BCUT2D eigenvalue weighted by Gasteiger charge is 2.18. The van der Waals surface area contributed by atoms with Gasteiger partial charge in [-0.05, 0) is 51.3 Å². The van der Waals surface area contributed by atoms with Crippen LogP contribution in [-0.4, -0.2) is 54.5 Å². The molecule has 0 bridgehead atoms. The zero-order valence-corrected chi connectivity index (χ0v) is 12.5. The van der Waals surface area contributed by atoms with Crippen molar-refractivity contribution in [1.82, 2.24) is 10.2 Å². The quantitative estimate of drug-likeness (QED) is 0.728. The van der Waals surface area contributed by atoms with Gasteiger partial charge in [0.1, 0.15) is 0 Å². The summed E-state index contributed by atoms with van der Waals surface area (Å²) < 4.78 is 0. The number of hydrogen-bond donors (Lipinski definition) is 2.